The number of aromatic amines is 1. The molecule has 3 aromatic rings. The van der Waals surface area contributed by atoms with Crippen LogP contribution in [0, 0.1) is 24.0 Å². The molecular formula is C22H17F2N5O2. The SMILES string of the molecule is C#CCN1CC[C@@]2(C1=O)c1ccc(F)cc1C(=O)N2Cc1cc2nc(N)c(F)cc2[nH]1. The van der Waals surface area contributed by atoms with Gasteiger partial charge in [-0.05, 0) is 18.2 Å². The minimum absolute atomic E-state index is 0.0165. The van der Waals surface area contributed by atoms with Crippen LogP contribution in [0.3, 0.4) is 0 Å². The summed E-state index contributed by atoms with van der Waals surface area (Å²) in [5.74, 6) is 0.261. The molecule has 2 amide bonds. The van der Waals surface area contributed by atoms with Gasteiger partial charge in [-0.2, -0.15) is 0 Å². The monoisotopic (exact) mass is 421 g/mol. The zero-order chi connectivity index (χ0) is 21.9. The highest BCUT2D eigenvalue weighted by atomic mass is 19.1. The minimum atomic E-state index is -1.27. The highest BCUT2D eigenvalue weighted by molar-refractivity contribution is 6.07. The Hall–Kier alpha value is -3.93. The second-order valence-electron chi connectivity index (χ2n) is 7.71. The number of carbonyl (C=O) groups excluding carboxylic acids is 2. The number of halogens is 2. The zero-order valence-electron chi connectivity index (χ0n) is 16.3. The van der Waals surface area contributed by atoms with E-state index in [1.165, 1.54) is 28.0 Å². The molecule has 156 valence electrons. The molecule has 0 aliphatic carbocycles. The van der Waals surface area contributed by atoms with Crippen LogP contribution in [0.5, 0.6) is 0 Å². The van der Waals surface area contributed by atoms with Crippen LogP contribution in [-0.2, 0) is 16.9 Å². The lowest BCUT2D eigenvalue weighted by Crippen LogP contribution is -2.49. The number of nitrogens with two attached hydrogens (primary N) is 1. The number of nitrogens with one attached hydrogen (secondary N) is 1. The first-order valence-corrected chi connectivity index (χ1v) is 9.63. The van der Waals surface area contributed by atoms with Gasteiger partial charge in [-0.25, -0.2) is 13.8 Å². The number of pyridine rings is 1. The lowest BCUT2D eigenvalue weighted by atomic mass is 9.87. The predicted molar refractivity (Wildman–Crippen MR) is 108 cm³/mol. The van der Waals surface area contributed by atoms with Crippen molar-refractivity contribution >= 4 is 28.7 Å². The Balaban J connectivity index is 1.61. The maximum absolute atomic E-state index is 13.9. The topological polar surface area (TPSA) is 95.3 Å². The number of hydrogen-bond donors (Lipinski definition) is 2. The van der Waals surface area contributed by atoms with E-state index in [2.05, 4.69) is 15.9 Å². The molecule has 0 saturated carbocycles. The number of aromatic nitrogens is 2. The van der Waals surface area contributed by atoms with E-state index < -0.39 is 23.1 Å². The van der Waals surface area contributed by atoms with Crippen molar-refractivity contribution < 1.29 is 18.4 Å². The van der Waals surface area contributed by atoms with Gasteiger partial charge in [0.2, 0.25) is 0 Å². The fourth-order valence-corrected chi connectivity index (χ4v) is 4.61. The maximum Gasteiger partial charge on any atom is 0.255 e. The van der Waals surface area contributed by atoms with E-state index in [-0.39, 0.29) is 30.4 Å². The second-order valence-corrected chi connectivity index (χ2v) is 7.71. The van der Waals surface area contributed by atoms with Gasteiger partial charge in [0, 0.05) is 35.9 Å². The Bertz CT molecular complexity index is 1270. The summed E-state index contributed by atoms with van der Waals surface area (Å²) in [6.45, 7) is 0.510. The van der Waals surface area contributed by atoms with Gasteiger partial charge in [0.15, 0.2) is 17.2 Å². The molecule has 2 aliphatic heterocycles. The Morgan fingerprint density at radius 2 is 2.06 bits per heavy atom. The third-order valence-electron chi connectivity index (χ3n) is 6.00. The van der Waals surface area contributed by atoms with Crippen LogP contribution < -0.4 is 5.73 Å². The predicted octanol–water partition coefficient (Wildman–Crippen LogP) is 2.14. The van der Waals surface area contributed by atoms with Crippen LogP contribution in [0.4, 0.5) is 14.6 Å². The number of nitrogens with zero attached hydrogens (tertiary/aromatic N) is 3. The number of H-pyrrole nitrogens is 1. The first-order valence-electron chi connectivity index (χ1n) is 9.63. The van der Waals surface area contributed by atoms with Gasteiger partial charge in [-0.15, -0.1) is 6.42 Å². The summed E-state index contributed by atoms with van der Waals surface area (Å²) in [4.78, 5) is 36.7. The van der Waals surface area contributed by atoms with Crippen molar-refractivity contribution in [1.82, 2.24) is 19.8 Å². The zero-order valence-corrected chi connectivity index (χ0v) is 16.3. The van der Waals surface area contributed by atoms with E-state index in [0.29, 0.717) is 35.3 Å². The molecule has 0 bridgehead atoms. The van der Waals surface area contributed by atoms with Crippen molar-refractivity contribution in [3.8, 4) is 12.3 Å². The molecule has 7 nitrogen and oxygen atoms in total. The average molecular weight is 421 g/mol. The molecule has 2 aromatic heterocycles. The number of terminal acetylenes is 1. The normalized spacial score (nSPS) is 20.2. The third kappa shape index (κ3) is 2.61. The number of nitrogen functional groups attached to an aromatic ring is 1. The van der Waals surface area contributed by atoms with Gasteiger partial charge in [-0.1, -0.05) is 12.0 Å². The van der Waals surface area contributed by atoms with Gasteiger partial charge in [0.1, 0.15) is 5.82 Å². The molecule has 1 aromatic carbocycles. The van der Waals surface area contributed by atoms with Gasteiger partial charge in [0.05, 0.1) is 24.1 Å². The fraction of sp³-hybridized carbons (Fsp3) is 0.227. The molecule has 5 rings (SSSR count). The quantitative estimate of drug-likeness (QED) is 0.634. The van der Waals surface area contributed by atoms with Crippen LogP contribution in [0.2, 0.25) is 0 Å². The minimum Gasteiger partial charge on any atom is -0.381 e. The molecule has 0 unspecified atom stereocenters. The molecule has 2 aliphatic rings. The number of amides is 2. The van der Waals surface area contributed by atoms with Gasteiger partial charge < -0.3 is 20.5 Å². The van der Waals surface area contributed by atoms with Crippen molar-refractivity contribution in [2.24, 2.45) is 0 Å². The summed E-state index contributed by atoms with van der Waals surface area (Å²) < 4.78 is 27.7. The molecule has 1 saturated heterocycles. The molecule has 3 N–H and O–H groups in total. The van der Waals surface area contributed by atoms with E-state index in [1.54, 1.807) is 6.07 Å². The number of hydrogen-bond acceptors (Lipinski definition) is 4. The van der Waals surface area contributed by atoms with Crippen LogP contribution in [0.1, 0.15) is 28.0 Å². The molecule has 4 heterocycles. The van der Waals surface area contributed by atoms with Gasteiger partial charge >= 0.3 is 0 Å². The van der Waals surface area contributed by atoms with E-state index >= 15 is 0 Å². The van der Waals surface area contributed by atoms with Crippen molar-refractivity contribution in [2.75, 3.05) is 18.8 Å². The van der Waals surface area contributed by atoms with Crippen LogP contribution in [0.15, 0.2) is 30.3 Å². The highest BCUT2D eigenvalue weighted by Gasteiger charge is 2.59. The first-order chi connectivity index (χ1) is 14.8. The molecule has 9 heteroatoms. The number of benzene rings is 1. The van der Waals surface area contributed by atoms with Gasteiger partial charge in [0.25, 0.3) is 11.8 Å². The summed E-state index contributed by atoms with van der Waals surface area (Å²) in [5.41, 5.74) is 6.28. The van der Waals surface area contributed by atoms with Crippen molar-refractivity contribution in [1.29, 1.82) is 0 Å². The Labute approximate surface area is 175 Å². The smallest absolute Gasteiger partial charge is 0.255 e. The first kappa shape index (κ1) is 19.1. The van der Waals surface area contributed by atoms with Crippen molar-refractivity contribution in [3.05, 3.63) is 58.8 Å². The third-order valence-corrected chi connectivity index (χ3v) is 6.00. The van der Waals surface area contributed by atoms with Crippen molar-refractivity contribution in [2.45, 2.75) is 18.5 Å². The summed E-state index contributed by atoms with van der Waals surface area (Å²) in [6, 6.07) is 6.76. The van der Waals surface area contributed by atoms with E-state index in [9.17, 15) is 18.4 Å². The van der Waals surface area contributed by atoms with E-state index in [1.807, 2.05) is 0 Å². The summed E-state index contributed by atoms with van der Waals surface area (Å²) in [7, 11) is 0. The number of rotatable bonds is 3. The largest absolute Gasteiger partial charge is 0.381 e. The van der Waals surface area contributed by atoms with E-state index in [0.717, 1.165) is 6.07 Å². The lowest BCUT2D eigenvalue weighted by molar-refractivity contribution is -0.136. The molecule has 1 spiro atoms. The van der Waals surface area contributed by atoms with E-state index in [4.69, 9.17) is 12.2 Å². The fourth-order valence-electron chi connectivity index (χ4n) is 4.61. The number of likely N-dealkylation sites (tertiary alicyclic amines) is 1. The molecule has 1 fully saturated rings. The Morgan fingerprint density at radius 3 is 2.84 bits per heavy atom. The Kier molecular flexibility index (Phi) is 4.02. The number of anilines is 1. The summed E-state index contributed by atoms with van der Waals surface area (Å²) >= 11 is 0. The number of carbonyl (C=O) groups is 2. The van der Waals surface area contributed by atoms with Crippen LogP contribution >= 0.6 is 0 Å². The molecule has 31 heavy (non-hydrogen) atoms. The summed E-state index contributed by atoms with van der Waals surface area (Å²) in [6.07, 6.45) is 5.73. The van der Waals surface area contributed by atoms with Gasteiger partial charge in [-0.3, -0.25) is 9.59 Å². The number of fused-ring (bicyclic) bond motifs is 3. The Morgan fingerprint density at radius 1 is 1.26 bits per heavy atom. The molecular weight excluding hydrogens is 404 g/mol. The highest BCUT2D eigenvalue weighted by Crippen LogP contribution is 2.47. The molecule has 0 radical (unpaired) electrons. The maximum atomic E-state index is 13.9. The molecule has 1 atom stereocenters. The standard InChI is InChI=1S/C22H17F2N5O2/c1-2-6-28-7-5-22(21(28)31)15-4-3-12(23)8-14(15)20(30)29(22)11-13-9-17-18(26-13)10-16(24)19(25)27-17/h1,3-4,8-10,26H,5-7,11H2,(H2,25,27)/t22-/m0/s1. The van der Waals surface area contributed by atoms with Crippen molar-refractivity contribution in [3.63, 3.8) is 0 Å². The second kappa shape index (κ2) is 6.54. The average Bonchev–Trinajstić information content (AvgIpc) is 3.34. The van der Waals surface area contributed by atoms with Crippen LogP contribution in [-0.4, -0.2) is 44.7 Å². The van der Waals surface area contributed by atoms with Crippen LogP contribution in [0.25, 0.3) is 11.0 Å². The lowest BCUT2D eigenvalue weighted by Gasteiger charge is -2.34. The summed E-state index contributed by atoms with van der Waals surface area (Å²) in [5, 5.41) is 0.